The van der Waals surface area contributed by atoms with Gasteiger partial charge in [0, 0.05) is 12.2 Å². The molecule has 0 saturated carbocycles. The number of nitrogens with one attached hydrogen (secondary N) is 1. The highest BCUT2D eigenvalue weighted by atomic mass is 19.1. The summed E-state index contributed by atoms with van der Waals surface area (Å²) in [5, 5.41) is 18.2. The molecule has 0 aliphatic carbocycles. The van der Waals surface area contributed by atoms with E-state index in [0.717, 1.165) is 12.1 Å². The lowest BCUT2D eigenvalue weighted by Crippen LogP contribution is -2.28. The van der Waals surface area contributed by atoms with E-state index < -0.39 is 17.7 Å². The zero-order valence-corrected chi connectivity index (χ0v) is 10.8. The predicted molar refractivity (Wildman–Crippen MR) is 70.1 cm³/mol. The van der Waals surface area contributed by atoms with Crippen LogP contribution in [0.15, 0.2) is 24.4 Å². The Hall–Kier alpha value is -2.97. The molecule has 21 heavy (non-hydrogen) atoms. The molecule has 0 unspecified atom stereocenters. The number of aromatic carboxylic acids is 1. The zero-order chi connectivity index (χ0) is 15.4. The van der Waals surface area contributed by atoms with Crippen molar-refractivity contribution in [3.05, 3.63) is 41.5 Å². The molecule has 0 spiro atoms. The molecule has 0 atom stereocenters. The van der Waals surface area contributed by atoms with Crippen molar-refractivity contribution in [2.24, 2.45) is 0 Å². The molecule has 8 nitrogen and oxygen atoms in total. The number of anilines is 1. The van der Waals surface area contributed by atoms with Crippen molar-refractivity contribution in [3.63, 3.8) is 0 Å². The average molecular weight is 293 g/mol. The highest BCUT2D eigenvalue weighted by molar-refractivity contribution is 5.99. The summed E-state index contributed by atoms with van der Waals surface area (Å²) in [7, 11) is 0. The average Bonchev–Trinajstić information content (AvgIpc) is 2.90. The fraction of sp³-hybridized carbons (Fsp3) is 0.167. The Bertz CT molecular complexity index is 685. The minimum absolute atomic E-state index is 0.0415. The number of rotatable bonds is 5. The number of aromatic nitrogens is 3. The number of carbonyl (C=O) groups excluding carboxylic acids is 1. The van der Waals surface area contributed by atoms with Crippen molar-refractivity contribution < 1.29 is 19.1 Å². The molecule has 0 aliphatic heterocycles. The maximum Gasteiger partial charge on any atom is 0.358 e. The second-order valence-corrected chi connectivity index (χ2v) is 4.16. The normalized spacial score (nSPS) is 10.3. The fourth-order valence-electron chi connectivity index (χ4n) is 1.61. The molecule has 0 aliphatic rings. The Kier molecular flexibility index (Phi) is 4.12. The van der Waals surface area contributed by atoms with Gasteiger partial charge in [0.1, 0.15) is 5.82 Å². The number of carbonyl (C=O) groups is 2. The fourth-order valence-corrected chi connectivity index (χ4v) is 1.61. The Morgan fingerprint density at radius 2 is 2.19 bits per heavy atom. The molecule has 0 bridgehead atoms. The Morgan fingerprint density at radius 1 is 1.43 bits per heavy atom. The highest BCUT2D eigenvalue weighted by Crippen LogP contribution is 2.12. The lowest BCUT2D eigenvalue weighted by atomic mass is 10.1. The summed E-state index contributed by atoms with van der Waals surface area (Å²) in [6, 6.07) is 3.51. The van der Waals surface area contributed by atoms with Gasteiger partial charge >= 0.3 is 5.97 Å². The van der Waals surface area contributed by atoms with Crippen LogP contribution in [0.5, 0.6) is 0 Å². The second-order valence-electron chi connectivity index (χ2n) is 4.16. The van der Waals surface area contributed by atoms with E-state index in [1.165, 1.54) is 16.9 Å². The van der Waals surface area contributed by atoms with Gasteiger partial charge in [-0.25, -0.2) is 13.9 Å². The number of amides is 1. The van der Waals surface area contributed by atoms with Crippen LogP contribution in [0.4, 0.5) is 10.1 Å². The van der Waals surface area contributed by atoms with Crippen molar-refractivity contribution >= 4 is 17.6 Å². The van der Waals surface area contributed by atoms with Crippen molar-refractivity contribution in [3.8, 4) is 0 Å². The van der Waals surface area contributed by atoms with E-state index >= 15 is 0 Å². The summed E-state index contributed by atoms with van der Waals surface area (Å²) in [5.74, 6) is -2.26. The lowest BCUT2D eigenvalue weighted by Gasteiger charge is -2.07. The number of nitrogen functional groups attached to an aromatic ring is 1. The Labute approximate surface area is 118 Å². The van der Waals surface area contributed by atoms with Crippen LogP contribution in [-0.4, -0.2) is 38.5 Å². The van der Waals surface area contributed by atoms with Crippen LogP contribution in [0.2, 0.25) is 0 Å². The van der Waals surface area contributed by atoms with Gasteiger partial charge in [-0.3, -0.25) is 4.79 Å². The largest absolute Gasteiger partial charge is 0.476 e. The van der Waals surface area contributed by atoms with Crippen LogP contribution in [-0.2, 0) is 6.54 Å². The molecule has 1 aromatic heterocycles. The van der Waals surface area contributed by atoms with Gasteiger partial charge in [0.05, 0.1) is 18.3 Å². The molecule has 9 heteroatoms. The van der Waals surface area contributed by atoms with Gasteiger partial charge in [0.2, 0.25) is 0 Å². The van der Waals surface area contributed by atoms with Crippen molar-refractivity contribution in [2.75, 3.05) is 12.3 Å². The van der Waals surface area contributed by atoms with Crippen molar-refractivity contribution in [1.29, 1.82) is 0 Å². The molecule has 4 N–H and O–H groups in total. The molecule has 2 aromatic rings. The quantitative estimate of drug-likeness (QED) is 0.673. The zero-order valence-electron chi connectivity index (χ0n) is 10.8. The summed E-state index contributed by atoms with van der Waals surface area (Å²) >= 11 is 0. The molecule has 0 radical (unpaired) electrons. The van der Waals surface area contributed by atoms with E-state index in [4.69, 9.17) is 10.8 Å². The predicted octanol–water partition coefficient (Wildman–Crippen LogP) is 0.128. The van der Waals surface area contributed by atoms with Crippen molar-refractivity contribution in [1.82, 2.24) is 20.3 Å². The Morgan fingerprint density at radius 3 is 2.86 bits per heavy atom. The minimum Gasteiger partial charge on any atom is -0.476 e. The number of halogens is 1. The molecule has 1 aromatic carbocycles. The van der Waals surface area contributed by atoms with E-state index in [-0.39, 0.29) is 30.0 Å². The van der Waals surface area contributed by atoms with Gasteiger partial charge in [-0.2, -0.15) is 0 Å². The standard InChI is InChI=1S/C12H12FN5O3/c13-7-1-2-9(14)8(5-7)11(19)15-3-4-18-6-10(12(20)21)16-17-18/h1-2,5-6H,3-4,14H2,(H,15,19)(H,20,21). The highest BCUT2D eigenvalue weighted by Gasteiger charge is 2.11. The van der Waals surface area contributed by atoms with Crippen LogP contribution < -0.4 is 11.1 Å². The maximum atomic E-state index is 13.1. The monoisotopic (exact) mass is 293 g/mol. The molecule has 1 heterocycles. The first-order valence-corrected chi connectivity index (χ1v) is 5.94. The molecule has 110 valence electrons. The molecule has 0 saturated heterocycles. The topological polar surface area (TPSA) is 123 Å². The minimum atomic E-state index is -1.18. The van der Waals surface area contributed by atoms with Crippen LogP contribution in [0.25, 0.3) is 0 Å². The van der Waals surface area contributed by atoms with Crippen LogP contribution >= 0.6 is 0 Å². The summed E-state index contributed by atoms with van der Waals surface area (Å²) in [5.41, 5.74) is 5.62. The molecule has 0 fully saturated rings. The maximum absolute atomic E-state index is 13.1. The second kappa shape index (κ2) is 5.99. The van der Waals surface area contributed by atoms with Gasteiger partial charge in [-0.1, -0.05) is 5.21 Å². The summed E-state index contributed by atoms with van der Waals surface area (Å²) in [6.07, 6.45) is 1.24. The number of benzene rings is 1. The lowest BCUT2D eigenvalue weighted by molar-refractivity contribution is 0.0690. The summed E-state index contributed by atoms with van der Waals surface area (Å²) in [4.78, 5) is 22.4. The van der Waals surface area contributed by atoms with Gasteiger partial charge in [0.25, 0.3) is 5.91 Å². The van der Waals surface area contributed by atoms with Gasteiger partial charge in [-0.15, -0.1) is 5.10 Å². The van der Waals surface area contributed by atoms with E-state index in [1.807, 2.05) is 0 Å². The van der Waals surface area contributed by atoms with Gasteiger partial charge in [-0.05, 0) is 18.2 Å². The summed E-state index contributed by atoms with van der Waals surface area (Å²) < 4.78 is 14.3. The van der Waals surface area contributed by atoms with Crippen LogP contribution in [0, 0.1) is 5.82 Å². The molecule has 1 amide bonds. The van der Waals surface area contributed by atoms with Crippen LogP contribution in [0.3, 0.4) is 0 Å². The Balaban J connectivity index is 1.92. The number of carboxylic acids is 1. The third kappa shape index (κ3) is 3.53. The number of nitrogens with two attached hydrogens (primary N) is 1. The molecule has 2 rings (SSSR count). The van der Waals surface area contributed by atoms with Gasteiger partial charge < -0.3 is 16.2 Å². The number of carboxylic acid groups (broad SMARTS) is 1. The van der Waals surface area contributed by atoms with Crippen molar-refractivity contribution in [2.45, 2.75) is 6.54 Å². The number of nitrogens with zero attached hydrogens (tertiary/aromatic N) is 3. The third-order valence-corrected chi connectivity index (χ3v) is 2.64. The van der Waals surface area contributed by atoms with E-state index in [0.29, 0.717) is 0 Å². The van der Waals surface area contributed by atoms with E-state index in [1.54, 1.807) is 0 Å². The SMILES string of the molecule is Nc1ccc(F)cc1C(=O)NCCn1cc(C(=O)O)nn1. The van der Waals surface area contributed by atoms with Gasteiger partial charge in [0.15, 0.2) is 5.69 Å². The molecular formula is C12H12FN5O3. The first-order valence-electron chi connectivity index (χ1n) is 5.94. The smallest absolute Gasteiger partial charge is 0.358 e. The third-order valence-electron chi connectivity index (χ3n) is 2.64. The van der Waals surface area contributed by atoms with Crippen LogP contribution in [0.1, 0.15) is 20.8 Å². The number of hydrogen-bond donors (Lipinski definition) is 3. The van der Waals surface area contributed by atoms with E-state index in [2.05, 4.69) is 15.6 Å². The first kappa shape index (κ1) is 14.4. The first-order chi connectivity index (χ1) is 9.97. The molecular weight excluding hydrogens is 281 g/mol. The summed E-state index contributed by atoms with van der Waals surface area (Å²) in [6.45, 7) is 0.387. The van der Waals surface area contributed by atoms with E-state index in [9.17, 15) is 14.0 Å². The number of hydrogen-bond acceptors (Lipinski definition) is 5.